The van der Waals surface area contributed by atoms with Gasteiger partial charge in [-0.25, -0.2) is 0 Å². The first-order valence-corrected chi connectivity index (χ1v) is 11.0. The number of thioether (sulfide) groups is 1. The molecule has 0 atom stereocenters. The highest BCUT2D eigenvalue weighted by molar-refractivity contribution is 8.18. The molecular weight excluding hydrogens is 416 g/mol. The van der Waals surface area contributed by atoms with Crippen molar-refractivity contribution in [3.63, 3.8) is 0 Å². The molecule has 0 bridgehead atoms. The predicted octanol–water partition coefficient (Wildman–Crippen LogP) is 5.01. The van der Waals surface area contributed by atoms with Gasteiger partial charge in [0.25, 0.3) is 11.1 Å². The highest BCUT2D eigenvalue weighted by Crippen LogP contribution is 2.32. The van der Waals surface area contributed by atoms with Crippen molar-refractivity contribution in [2.45, 2.75) is 6.42 Å². The number of hydrogen-bond acceptors (Lipinski definition) is 5. The van der Waals surface area contributed by atoms with Gasteiger partial charge in [0.1, 0.15) is 6.54 Å². The number of nitrogens with zero attached hydrogens (tertiary/aromatic N) is 1. The maximum Gasteiger partial charge on any atom is 0.294 e. The van der Waals surface area contributed by atoms with Crippen molar-refractivity contribution in [3.05, 3.63) is 93.0 Å². The van der Waals surface area contributed by atoms with Gasteiger partial charge in [-0.15, -0.1) is 11.3 Å². The summed E-state index contributed by atoms with van der Waals surface area (Å²) in [6.45, 7) is -0.313. The number of thiophene rings is 1. The Balaban J connectivity index is 1.44. The van der Waals surface area contributed by atoms with E-state index in [1.807, 2.05) is 72.1 Å². The first kappa shape index (κ1) is 20.1. The zero-order valence-corrected chi connectivity index (χ0v) is 17.5. The number of anilines is 1. The van der Waals surface area contributed by atoms with Gasteiger partial charge in [-0.05, 0) is 52.9 Å². The Kier molecular flexibility index (Phi) is 6.11. The number of carbonyl (C=O) groups excluding carboxylic acids is 3. The van der Waals surface area contributed by atoms with Crippen molar-refractivity contribution in [3.8, 4) is 0 Å². The lowest BCUT2D eigenvalue weighted by Crippen LogP contribution is -2.36. The number of nitrogens with one attached hydrogen (secondary N) is 1. The highest BCUT2D eigenvalue weighted by atomic mass is 32.2. The van der Waals surface area contributed by atoms with E-state index < -0.39 is 17.1 Å². The molecule has 0 spiro atoms. The average molecular weight is 435 g/mol. The van der Waals surface area contributed by atoms with Crippen LogP contribution in [-0.2, 0) is 16.0 Å². The number of carbonyl (C=O) groups is 3. The van der Waals surface area contributed by atoms with Crippen molar-refractivity contribution in [1.82, 2.24) is 4.90 Å². The molecule has 4 rings (SSSR count). The SMILES string of the molecule is O=C(CN1C(=O)S/C(=C\c2cccs2)C1=O)Nc1ccccc1Cc1ccccc1. The Morgan fingerprint density at radius 3 is 2.50 bits per heavy atom. The van der Waals surface area contributed by atoms with E-state index in [1.165, 1.54) is 11.3 Å². The predicted molar refractivity (Wildman–Crippen MR) is 121 cm³/mol. The van der Waals surface area contributed by atoms with Crippen LogP contribution in [0.3, 0.4) is 0 Å². The smallest absolute Gasteiger partial charge is 0.294 e. The average Bonchev–Trinajstić information content (AvgIpc) is 3.34. The molecule has 3 amide bonds. The first-order valence-electron chi connectivity index (χ1n) is 9.31. The maximum atomic E-state index is 12.6. The van der Waals surface area contributed by atoms with E-state index in [1.54, 1.807) is 6.08 Å². The molecule has 1 aliphatic rings. The van der Waals surface area contributed by atoms with Crippen molar-refractivity contribution in [2.75, 3.05) is 11.9 Å². The van der Waals surface area contributed by atoms with E-state index in [2.05, 4.69) is 5.32 Å². The standard InChI is InChI=1S/C23H18N2O3S2/c26-21(15-25-22(27)20(30-23(25)28)14-18-10-6-12-29-18)24-19-11-5-4-9-17(19)13-16-7-2-1-3-8-16/h1-12,14H,13,15H2,(H,24,26)/b20-14-. The summed E-state index contributed by atoms with van der Waals surface area (Å²) >= 11 is 2.34. The fraction of sp³-hybridized carbons (Fsp3) is 0.0870. The van der Waals surface area contributed by atoms with Gasteiger partial charge in [0.05, 0.1) is 4.91 Å². The molecule has 2 heterocycles. The van der Waals surface area contributed by atoms with Crippen molar-refractivity contribution in [2.24, 2.45) is 0 Å². The van der Waals surface area contributed by atoms with Gasteiger partial charge in [0.15, 0.2) is 0 Å². The normalized spacial score (nSPS) is 15.1. The van der Waals surface area contributed by atoms with Crippen LogP contribution in [-0.4, -0.2) is 28.5 Å². The van der Waals surface area contributed by atoms with Crippen molar-refractivity contribution >= 4 is 51.9 Å². The molecular formula is C23H18N2O3S2. The van der Waals surface area contributed by atoms with Crippen LogP contribution in [0.2, 0.25) is 0 Å². The Bertz CT molecular complexity index is 1110. The molecule has 0 radical (unpaired) electrons. The summed E-state index contributed by atoms with van der Waals surface area (Å²) in [5, 5.41) is 4.31. The third-order valence-corrected chi connectivity index (χ3v) is 6.25. The minimum atomic E-state index is -0.439. The summed E-state index contributed by atoms with van der Waals surface area (Å²) in [4.78, 5) is 39.7. The zero-order valence-electron chi connectivity index (χ0n) is 15.9. The molecule has 5 nitrogen and oxygen atoms in total. The van der Waals surface area contributed by atoms with Crippen molar-refractivity contribution in [1.29, 1.82) is 0 Å². The maximum absolute atomic E-state index is 12.6. The number of benzene rings is 2. The molecule has 1 aromatic heterocycles. The van der Waals surface area contributed by atoms with E-state index >= 15 is 0 Å². The van der Waals surface area contributed by atoms with Crippen LogP contribution in [0, 0.1) is 0 Å². The molecule has 7 heteroatoms. The quantitative estimate of drug-likeness (QED) is 0.554. The lowest BCUT2D eigenvalue weighted by molar-refractivity contribution is -0.127. The zero-order chi connectivity index (χ0) is 20.9. The third kappa shape index (κ3) is 4.69. The van der Waals surface area contributed by atoms with Crippen LogP contribution in [0.25, 0.3) is 6.08 Å². The monoisotopic (exact) mass is 434 g/mol. The molecule has 1 aliphatic heterocycles. The van der Waals surface area contributed by atoms with Crippen LogP contribution in [0.1, 0.15) is 16.0 Å². The number of imide groups is 1. The molecule has 3 aromatic rings. The summed E-state index contributed by atoms with van der Waals surface area (Å²) in [6.07, 6.45) is 2.35. The van der Waals surface area contributed by atoms with E-state index in [9.17, 15) is 14.4 Å². The molecule has 1 N–H and O–H groups in total. The highest BCUT2D eigenvalue weighted by Gasteiger charge is 2.36. The van der Waals surface area contributed by atoms with Crippen LogP contribution in [0.5, 0.6) is 0 Å². The number of rotatable bonds is 6. The van der Waals surface area contributed by atoms with Gasteiger partial charge in [-0.3, -0.25) is 19.3 Å². The van der Waals surface area contributed by atoms with Crippen LogP contribution in [0.4, 0.5) is 10.5 Å². The summed E-state index contributed by atoms with van der Waals surface area (Å²) in [5.74, 6) is -0.846. The largest absolute Gasteiger partial charge is 0.324 e. The molecule has 0 unspecified atom stereocenters. The Morgan fingerprint density at radius 2 is 1.73 bits per heavy atom. The van der Waals surface area contributed by atoms with Gasteiger partial charge in [-0.1, -0.05) is 54.6 Å². The van der Waals surface area contributed by atoms with E-state index in [4.69, 9.17) is 0 Å². The Hall–Kier alpha value is -3.16. The minimum Gasteiger partial charge on any atom is -0.324 e. The van der Waals surface area contributed by atoms with E-state index in [0.29, 0.717) is 17.0 Å². The van der Waals surface area contributed by atoms with Crippen LogP contribution in [0.15, 0.2) is 77.0 Å². The Labute approximate surface area is 182 Å². The van der Waals surface area contributed by atoms with Gasteiger partial charge < -0.3 is 5.32 Å². The lowest BCUT2D eigenvalue weighted by atomic mass is 10.0. The molecule has 150 valence electrons. The summed E-state index contributed by atoms with van der Waals surface area (Å²) in [5.41, 5.74) is 2.76. The third-order valence-electron chi connectivity index (χ3n) is 4.52. The van der Waals surface area contributed by atoms with Crippen LogP contribution >= 0.6 is 23.1 Å². The first-order chi connectivity index (χ1) is 14.6. The summed E-state index contributed by atoms with van der Waals surface area (Å²) < 4.78 is 0. The summed E-state index contributed by atoms with van der Waals surface area (Å²) in [6, 6.07) is 21.2. The second-order valence-electron chi connectivity index (χ2n) is 6.65. The van der Waals surface area contributed by atoms with Gasteiger partial charge in [-0.2, -0.15) is 0 Å². The molecule has 0 aliphatic carbocycles. The fourth-order valence-corrected chi connectivity index (χ4v) is 4.65. The molecule has 1 saturated heterocycles. The topological polar surface area (TPSA) is 66.5 Å². The van der Waals surface area contributed by atoms with Crippen molar-refractivity contribution < 1.29 is 14.4 Å². The summed E-state index contributed by atoms with van der Waals surface area (Å²) in [7, 11) is 0. The molecule has 0 saturated carbocycles. The molecule has 2 aromatic carbocycles. The number of amides is 3. The number of para-hydroxylation sites is 1. The lowest BCUT2D eigenvalue weighted by Gasteiger charge is -2.15. The molecule has 1 fully saturated rings. The number of hydrogen-bond donors (Lipinski definition) is 1. The van der Waals surface area contributed by atoms with Gasteiger partial charge in [0.2, 0.25) is 5.91 Å². The van der Waals surface area contributed by atoms with E-state index in [-0.39, 0.29) is 6.54 Å². The second kappa shape index (κ2) is 9.11. The van der Waals surface area contributed by atoms with E-state index in [0.717, 1.165) is 32.7 Å². The van der Waals surface area contributed by atoms with Gasteiger partial charge >= 0.3 is 0 Å². The minimum absolute atomic E-state index is 0.313. The fourth-order valence-electron chi connectivity index (χ4n) is 3.08. The van der Waals surface area contributed by atoms with Gasteiger partial charge in [0, 0.05) is 10.6 Å². The second-order valence-corrected chi connectivity index (χ2v) is 8.62. The molecule has 30 heavy (non-hydrogen) atoms. The van der Waals surface area contributed by atoms with Crippen LogP contribution < -0.4 is 5.32 Å². The Morgan fingerprint density at radius 1 is 0.967 bits per heavy atom.